The molecule has 160 valence electrons. The van der Waals surface area contributed by atoms with E-state index in [1.807, 2.05) is 0 Å². The van der Waals surface area contributed by atoms with Crippen molar-refractivity contribution in [2.24, 2.45) is 0 Å². The number of aliphatic hydroxyl groups excluding tert-OH is 1. The number of hydrogen-bond acceptors (Lipinski definition) is 5. The second-order valence-electron chi connectivity index (χ2n) is 7.02. The lowest BCUT2D eigenvalue weighted by Crippen LogP contribution is -2.39. The Morgan fingerprint density at radius 2 is 2.03 bits per heavy atom. The SMILES string of the molecule is CN1OC(CO)Cn2nc3c(c2C1=O)CN(C(=O)Nc1cc(F)c(F)c(F)c1)CC3. The Bertz CT molecular complexity index is 1000. The Hall–Kier alpha value is -3.12. The minimum atomic E-state index is -1.62. The lowest BCUT2D eigenvalue weighted by Gasteiger charge is -2.27. The van der Waals surface area contributed by atoms with E-state index in [4.69, 9.17) is 4.84 Å². The van der Waals surface area contributed by atoms with Crippen LogP contribution in [0, 0.1) is 17.5 Å². The van der Waals surface area contributed by atoms with E-state index in [-0.39, 0.29) is 37.6 Å². The fraction of sp³-hybridized carbons (Fsp3) is 0.389. The normalized spacial score (nSPS) is 18.7. The molecule has 0 aliphatic carbocycles. The van der Waals surface area contributed by atoms with Gasteiger partial charge in [0.25, 0.3) is 5.91 Å². The number of carbonyl (C=O) groups excluding carboxylic acids is 2. The second-order valence-corrected chi connectivity index (χ2v) is 7.02. The van der Waals surface area contributed by atoms with Crippen molar-refractivity contribution < 1.29 is 32.7 Å². The number of amides is 3. The second kappa shape index (κ2) is 7.61. The highest BCUT2D eigenvalue weighted by Gasteiger charge is 2.35. The molecule has 3 heterocycles. The van der Waals surface area contributed by atoms with E-state index < -0.39 is 35.5 Å². The van der Waals surface area contributed by atoms with Crippen LogP contribution in [0.4, 0.5) is 23.7 Å². The zero-order chi connectivity index (χ0) is 21.6. The van der Waals surface area contributed by atoms with Crippen LogP contribution in [0.1, 0.15) is 21.7 Å². The van der Waals surface area contributed by atoms with Crippen molar-refractivity contribution >= 4 is 17.6 Å². The minimum absolute atomic E-state index is 0.0338. The maximum Gasteiger partial charge on any atom is 0.322 e. The summed E-state index contributed by atoms with van der Waals surface area (Å²) in [6.07, 6.45) is -0.291. The minimum Gasteiger partial charge on any atom is -0.393 e. The standard InChI is InChI=1S/C18H18F3N5O4/c1-24-17(28)16-11-7-25(3-2-14(11)23-26(16)6-10(8-27)30-24)18(29)22-9-4-12(19)15(21)13(20)5-9/h4-5,10,27H,2-3,6-8H2,1H3,(H,22,29). The van der Waals surface area contributed by atoms with Crippen molar-refractivity contribution in [2.75, 3.05) is 25.5 Å². The number of carbonyl (C=O) groups is 2. The maximum absolute atomic E-state index is 13.4. The van der Waals surface area contributed by atoms with Gasteiger partial charge in [-0.1, -0.05) is 0 Å². The fourth-order valence-corrected chi connectivity index (χ4v) is 3.54. The lowest BCUT2D eigenvalue weighted by molar-refractivity contribution is -0.159. The zero-order valence-corrected chi connectivity index (χ0v) is 15.9. The molecule has 12 heteroatoms. The van der Waals surface area contributed by atoms with Crippen LogP contribution in [0.3, 0.4) is 0 Å². The number of aliphatic hydroxyl groups is 1. The van der Waals surface area contributed by atoms with Gasteiger partial charge in [0.15, 0.2) is 17.5 Å². The number of nitrogens with zero attached hydrogens (tertiary/aromatic N) is 4. The van der Waals surface area contributed by atoms with E-state index in [0.717, 1.165) is 5.06 Å². The van der Waals surface area contributed by atoms with Gasteiger partial charge in [-0.3, -0.25) is 14.3 Å². The topological polar surface area (TPSA) is 99.9 Å². The zero-order valence-electron chi connectivity index (χ0n) is 15.9. The van der Waals surface area contributed by atoms with Crippen molar-refractivity contribution in [3.8, 4) is 0 Å². The number of benzene rings is 1. The first-order valence-corrected chi connectivity index (χ1v) is 9.13. The van der Waals surface area contributed by atoms with Gasteiger partial charge in [-0.05, 0) is 0 Å². The van der Waals surface area contributed by atoms with Gasteiger partial charge in [0.05, 0.1) is 25.4 Å². The largest absolute Gasteiger partial charge is 0.393 e. The molecule has 0 bridgehead atoms. The molecule has 2 N–H and O–H groups in total. The monoisotopic (exact) mass is 425 g/mol. The molecular weight excluding hydrogens is 407 g/mol. The van der Waals surface area contributed by atoms with Crippen molar-refractivity contribution in [2.45, 2.75) is 25.6 Å². The summed E-state index contributed by atoms with van der Waals surface area (Å²) in [6.45, 7) is 0.146. The van der Waals surface area contributed by atoms with Crippen LogP contribution < -0.4 is 5.32 Å². The van der Waals surface area contributed by atoms with E-state index in [1.165, 1.54) is 16.6 Å². The van der Waals surface area contributed by atoms with E-state index in [1.54, 1.807) is 0 Å². The summed E-state index contributed by atoms with van der Waals surface area (Å²) in [5.74, 6) is -4.92. The highest BCUT2D eigenvalue weighted by molar-refractivity contribution is 5.94. The van der Waals surface area contributed by atoms with E-state index >= 15 is 0 Å². The third-order valence-electron chi connectivity index (χ3n) is 5.00. The first-order valence-electron chi connectivity index (χ1n) is 9.13. The molecule has 3 amide bonds. The number of aromatic nitrogens is 2. The summed E-state index contributed by atoms with van der Waals surface area (Å²) in [5.41, 5.74) is 1.20. The summed E-state index contributed by atoms with van der Waals surface area (Å²) in [5, 5.41) is 17.2. The first kappa shape index (κ1) is 20.2. The molecule has 2 aliphatic heterocycles. The third kappa shape index (κ3) is 3.48. The maximum atomic E-state index is 13.4. The summed E-state index contributed by atoms with van der Waals surface area (Å²) in [7, 11) is 1.42. The molecule has 0 radical (unpaired) electrons. The molecule has 0 spiro atoms. The molecule has 1 unspecified atom stereocenters. The third-order valence-corrected chi connectivity index (χ3v) is 5.00. The van der Waals surface area contributed by atoms with Crippen LogP contribution in [0.25, 0.3) is 0 Å². The van der Waals surface area contributed by atoms with Gasteiger partial charge in [0, 0.05) is 43.4 Å². The number of anilines is 1. The molecular formula is C18H18F3N5O4. The van der Waals surface area contributed by atoms with Crippen LogP contribution in [-0.2, 0) is 24.3 Å². The van der Waals surface area contributed by atoms with E-state index in [9.17, 15) is 27.9 Å². The molecule has 0 fully saturated rings. The van der Waals surface area contributed by atoms with Crippen molar-refractivity contribution in [3.63, 3.8) is 0 Å². The number of hydrogen-bond donors (Lipinski definition) is 2. The fourth-order valence-electron chi connectivity index (χ4n) is 3.54. The van der Waals surface area contributed by atoms with Gasteiger partial charge in [-0.2, -0.15) is 5.10 Å². The Morgan fingerprint density at radius 1 is 1.33 bits per heavy atom. The molecule has 0 saturated carbocycles. The van der Waals surface area contributed by atoms with Gasteiger partial charge in [0.2, 0.25) is 0 Å². The average Bonchev–Trinajstić information content (AvgIpc) is 3.01. The summed E-state index contributed by atoms with van der Waals surface area (Å²) in [4.78, 5) is 32.0. The number of hydroxylamine groups is 2. The number of halogens is 3. The molecule has 30 heavy (non-hydrogen) atoms. The summed E-state index contributed by atoms with van der Waals surface area (Å²) >= 11 is 0. The van der Waals surface area contributed by atoms with Crippen molar-refractivity contribution in [1.82, 2.24) is 19.7 Å². The summed E-state index contributed by atoms with van der Waals surface area (Å²) in [6, 6.07) is 0.704. The average molecular weight is 425 g/mol. The smallest absolute Gasteiger partial charge is 0.322 e. The highest BCUT2D eigenvalue weighted by atomic mass is 19.2. The van der Waals surface area contributed by atoms with Crippen LogP contribution in [-0.4, -0.2) is 63.1 Å². The van der Waals surface area contributed by atoms with E-state index in [0.29, 0.717) is 29.8 Å². The molecule has 4 rings (SSSR count). The molecule has 1 atom stereocenters. The molecule has 1 aromatic carbocycles. The first-order chi connectivity index (χ1) is 14.3. The predicted molar refractivity (Wildman–Crippen MR) is 95.7 cm³/mol. The van der Waals surface area contributed by atoms with Crippen molar-refractivity contribution in [1.29, 1.82) is 0 Å². The Labute approximate surface area is 168 Å². The van der Waals surface area contributed by atoms with Gasteiger partial charge in [-0.15, -0.1) is 0 Å². The van der Waals surface area contributed by atoms with Crippen LogP contribution in [0.2, 0.25) is 0 Å². The number of urea groups is 1. The van der Waals surface area contributed by atoms with E-state index in [2.05, 4.69) is 10.4 Å². The molecule has 1 aromatic heterocycles. The van der Waals surface area contributed by atoms with Gasteiger partial charge in [0.1, 0.15) is 11.8 Å². The summed E-state index contributed by atoms with van der Waals surface area (Å²) < 4.78 is 41.4. The Balaban J connectivity index is 1.57. The lowest BCUT2D eigenvalue weighted by atomic mass is 10.1. The number of nitrogens with one attached hydrogen (secondary N) is 1. The molecule has 9 nitrogen and oxygen atoms in total. The van der Waals surface area contributed by atoms with Crippen LogP contribution >= 0.6 is 0 Å². The van der Waals surface area contributed by atoms with Gasteiger partial charge >= 0.3 is 6.03 Å². The Kier molecular flexibility index (Phi) is 5.12. The molecule has 0 saturated heterocycles. The van der Waals surface area contributed by atoms with Gasteiger partial charge in [-0.25, -0.2) is 23.0 Å². The predicted octanol–water partition coefficient (Wildman–Crippen LogP) is 1.27. The van der Waals surface area contributed by atoms with Crippen LogP contribution in [0.5, 0.6) is 0 Å². The quantitative estimate of drug-likeness (QED) is 0.706. The Morgan fingerprint density at radius 3 is 2.70 bits per heavy atom. The highest BCUT2D eigenvalue weighted by Crippen LogP contribution is 2.27. The molecule has 2 aromatic rings. The van der Waals surface area contributed by atoms with Crippen LogP contribution in [0.15, 0.2) is 12.1 Å². The molecule has 2 aliphatic rings. The van der Waals surface area contributed by atoms with Gasteiger partial charge < -0.3 is 15.3 Å². The number of rotatable bonds is 2. The number of fused-ring (bicyclic) bond motifs is 3. The van der Waals surface area contributed by atoms with Crippen molar-refractivity contribution in [3.05, 3.63) is 46.5 Å².